The number of amides is 2. The lowest BCUT2D eigenvalue weighted by atomic mass is 10.2. The van der Waals surface area contributed by atoms with Crippen molar-refractivity contribution in [3.63, 3.8) is 0 Å². The van der Waals surface area contributed by atoms with E-state index >= 15 is 0 Å². The van der Waals surface area contributed by atoms with E-state index in [1.165, 1.54) is 18.2 Å². The van der Waals surface area contributed by atoms with Crippen LogP contribution in [0.25, 0.3) is 0 Å². The lowest BCUT2D eigenvalue weighted by Crippen LogP contribution is -2.29. The fraction of sp³-hybridized carbons (Fsp3) is 0.222. The molecule has 1 fully saturated rings. The zero-order valence-electron chi connectivity index (χ0n) is 12.7. The second kappa shape index (κ2) is 6.20. The number of rotatable bonds is 4. The van der Waals surface area contributed by atoms with Crippen molar-refractivity contribution in [3.8, 4) is 0 Å². The number of benzene rings is 2. The van der Waals surface area contributed by atoms with Gasteiger partial charge in [0.1, 0.15) is 5.82 Å². The van der Waals surface area contributed by atoms with E-state index in [-0.39, 0.29) is 23.7 Å². The first-order chi connectivity index (χ1) is 11.1. The SMILES string of the molecule is CN(C(=O)C1CC1C(=O)Nc1cccc(F)c1)c1ccccc1. The topological polar surface area (TPSA) is 49.4 Å². The molecular formula is C18H17FN2O2. The summed E-state index contributed by atoms with van der Waals surface area (Å²) in [6.45, 7) is 0. The van der Waals surface area contributed by atoms with Crippen LogP contribution in [-0.2, 0) is 9.59 Å². The maximum Gasteiger partial charge on any atom is 0.230 e. The summed E-state index contributed by atoms with van der Waals surface area (Å²) in [6, 6.07) is 15.0. The molecule has 1 aliphatic carbocycles. The second-order valence-electron chi connectivity index (χ2n) is 5.68. The summed E-state index contributed by atoms with van der Waals surface area (Å²) < 4.78 is 13.1. The van der Waals surface area contributed by atoms with E-state index in [0.29, 0.717) is 12.1 Å². The van der Waals surface area contributed by atoms with E-state index in [1.807, 2.05) is 30.3 Å². The monoisotopic (exact) mass is 312 g/mol. The first kappa shape index (κ1) is 15.2. The van der Waals surface area contributed by atoms with Crippen molar-refractivity contribution in [2.45, 2.75) is 6.42 Å². The molecule has 3 rings (SSSR count). The van der Waals surface area contributed by atoms with E-state index in [0.717, 1.165) is 5.69 Å². The fourth-order valence-electron chi connectivity index (χ4n) is 2.59. The van der Waals surface area contributed by atoms with Gasteiger partial charge in [-0.1, -0.05) is 24.3 Å². The predicted octanol–water partition coefficient (Wildman–Crippen LogP) is 3.06. The third kappa shape index (κ3) is 3.39. The molecule has 2 aromatic carbocycles. The van der Waals surface area contributed by atoms with Crippen LogP contribution in [0.15, 0.2) is 54.6 Å². The summed E-state index contributed by atoms with van der Waals surface area (Å²) >= 11 is 0. The highest BCUT2D eigenvalue weighted by molar-refractivity contribution is 6.04. The Morgan fingerprint density at radius 3 is 2.52 bits per heavy atom. The van der Waals surface area contributed by atoms with Gasteiger partial charge in [-0.25, -0.2) is 4.39 Å². The van der Waals surface area contributed by atoms with Crippen molar-refractivity contribution in [3.05, 3.63) is 60.4 Å². The summed E-state index contributed by atoms with van der Waals surface area (Å²) in [5, 5.41) is 2.66. The van der Waals surface area contributed by atoms with Crippen LogP contribution in [0.4, 0.5) is 15.8 Å². The Labute approximate surface area is 133 Å². The molecule has 23 heavy (non-hydrogen) atoms. The molecule has 1 N–H and O–H groups in total. The predicted molar refractivity (Wildman–Crippen MR) is 86.5 cm³/mol. The van der Waals surface area contributed by atoms with Gasteiger partial charge in [-0.05, 0) is 36.8 Å². The van der Waals surface area contributed by atoms with Crippen LogP contribution >= 0.6 is 0 Å². The normalized spacial score (nSPS) is 19.0. The van der Waals surface area contributed by atoms with Gasteiger partial charge in [-0.3, -0.25) is 9.59 Å². The summed E-state index contributed by atoms with van der Waals surface area (Å²) in [7, 11) is 1.71. The number of carbonyl (C=O) groups excluding carboxylic acids is 2. The van der Waals surface area contributed by atoms with Crippen LogP contribution in [0, 0.1) is 17.7 Å². The maximum absolute atomic E-state index is 13.1. The molecule has 2 unspecified atom stereocenters. The molecule has 2 aromatic rings. The average molecular weight is 312 g/mol. The van der Waals surface area contributed by atoms with Crippen LogP contribution in [-0.4, -0.2) is 18.9 Å². The van der Waals surface area contributed by atoms with Gasteiger partial charge in [0.25, 0.3) is 0 Å². The highest BCUT2D eigenvalue weighted by atomic mass is 19.1. The van der Waals surface area contributed by atoms with Gasteiger partial charge in [-0.15, -0.1) is 0 Å². The van der Waals surface area contributed by atoms with Gasteiger partial charge in [-0.2, -0.15) is 0 Å². The summed E-state index contributed by atoms with van der Waals surface area (Å²) in [5.74, 6) is -1.38. The summed E-state index contributed by atoms with van der Waals surface area (Å²) in [4.78, 5) is 26.1. The molecule has 1 saturated carbocycles. The molecule has 0 saturated heterocycles. The molecular weight excluding hydrogens is 295 g/mol. The molecule has 0 spiro atoms. The summed E-state index contributed by atoms with van der Waals surface area (Å²) in [6.07, 6.45) is 0.525. The van der Waals surface area contributed by atoms with Gasteiger partial charge in [0, 0.05) is 18.4 Å². The Morgan fingerprint density at radius 1 is 1.09 bits per heavy atom. The molecule has 0 aliphatic heterocycles. The molecule has 0 aromatic heterocycles. The molecule has 0 heterocycles. The Bertz CT molecular complexity index is 733. The molecule has 5 heteroatoms. The van der Waals surface area contributed by atoms with E-state index in [9.17, 15) is 14.0 Å². The molecule has 2 atom stereocenters. The molecule has 1 aliphatic rings. The fourth-order valence-corrected chi connectivity index (χ4v) is 2.59. The van der Waals surface area contributed by atoms with Crippen molar-refractivity contribution in [2.24, 2.45) is 11.8 Å². The molecule has 2 amide bonds. The van der Waals surface area contributed by atoms with Crippen LogP contribution < -0.4 is 10.2 Å². The number of para-hydroxylation sites is 1. The van der Waals surface area contributed by atoms with Crippen LogP contribution in [0.1, 0.15) is 6.42 Å². The number of anilines is 2. The van der Waals surface area contributed by atoms with Crippen LogP contribution in [0.2, 0.25) is 0 Å². The van der Waals surface area contributed by atoms with Crippen molar-refractivity contribution < 1.29 is 14.0 Å². The summed E-state index contributed by atoms with van der Waals surface area (Å²) in [5.41, 5.74) is 1.21. The van der Waals surface area contributed by atoms with Crippen molar-refractivity contribution >= 4 is 23.2 Å². The van der Waals surface area contributed by atoms with Crippen LogP contribution in [0.5, 0.6) is 0 Å². The largest absolute Gasteiger partial charge is 0.326 e. The third-order valence-corrected chi connectivity index (χ3v) is 4.01. The van der Waals surface area contributed by atoms with E-state index in [2.05, 4.69) is 5.32 Å². The number of hydrogen-bond acceptors (Lipinski definition) is 2. The van der Waals surface area contributed by atoms with E-state index in [1.54, 1.807) is 18.0 Å². The number of carbonyl (C=O) groups is 2. The quantitative estimate of drug-likeness (QED) is 0.943. The zero-order valence-corrected chi connectivity index (χ0v) is 12.7. The minimum Gasteiger partial charge on any atom is -0.326 e. The molecule has 4 nitrogen and oxygen atoms in total. The van der Waals surface area contributed by atoms with Crippen molar-refractivity contribution in [2.75, 3.05) is 17.3 Å². The lowest BCUT2D eigenvalue weighted by Gasteiger charge is -2.17. The van der Waals surface area contributed by atoms with Crippen molar-refractivity contribution in [1.29, 1.82) is 0 Å². The smallest absolute Gasteiger partial charge is 0.230 e. The van der Waals surface area contributed by atoms with Crippen LogP contribution in [0.3, 0.4) is 0 Å². The van der Waals surface area contributed by atoms with Gasteiger partial charge in [0.2, 0.25) is 11.8 Å². The lowest BCUT2D eigenvalue weighted by molar-refractivity contribution is -0.123. The Kier molecular flexibility index (Phi) is 4.10. The highest BCUT2D eigenvalue weighted by Crippen LogP contribution is 2.41. The van der Waals surface area contributed by atoms with E-state index < -0.39 is 5.82 Å². The second-order valence-corrected chi connectivity index (χ2v) is 5.68. The number of nitrogens with one attached hydrogen (secondary N) is 1. The maximum atomic E-state index is 13.1. The highest BCUT2D eigenvalue weighted by Gasteiger charge is 2.49. The first-order valence-corrected chi connectivity index (χ1v) is 7.45. The number of nitrogens with zero attached hydrogens (tertiary/aromatic N) is 1. The zero-order chi connectivity index (χ0) is 16.4. The molecule has 0 radical (unpaired) electrons. The van der Waals surface area contributed by atoms with Gasteiger partial charge in [0.05, 0.1) is 11.8 Å². The molecule has 0 bridgehead atoms. The minimum atomic E-state index is -0.407. The Hall–Kier alpha value is -2.69. The van der Waals surface area contributed by atoms with Crippen molar-refractivity contribution in [1.82, 2.24) is 0 Å². The number of halogens is 1. The van der Waals surface area contributed by atoms with Gasteiger partial charge >= 0.3 is 0 Å². The first-order valence-electron chi connectivity index (χ1n) is 7.45. The standard InChI is InChI=1S/C18H17FN2O2/c1-21(14-8-3-2-4-9-14)18(23)16-11-15(16)17(22)20-13-7-5-6-12(19)10-13/h2-10,15-16H,11H2,1H3,(H,20,22). The Balaban J connectivity index is 1.60. The Morgan fingerprint density at radius 2 is 1.83 bits per heavy atom. The third-order valence-electron chi connectivity index (χ3n) is 4.01. The number of hydrogen-bond donors (Lipinski definition) is 1. The minimum absolute atomic E-state index is 0.0735. The average Bonchev–Trinajstić information content (AvgIpc) is 3.35. The molecule has 118 valence electrons. The van der Waals surface area contributed by atoms with E-state index in [4.69, 9.17) is 0 Å². The van der Waals surface area contributed by atoms with Gasteiger partial charge < -0.3 is 10.2 Å². The van der Waals surface area contributed by atoms with Gasteiger partial charge in [0.15, 0.2) is 0 Å².